The fourth-order valence-electron chi connectivity index (χ4n) is 3.68. The Balaban J connectivity index is 1.62. The van der Waals surface area contributed by atoms with Gasteiger partial charge < -0.3 is 18.8 Å². The van der Waals surface area contributed by atoms with E-state index in [1.54, 1.807) is 31.4 Å². The molecule has 3 atom stereocenters. The van der Waals surface area contributed by atoms with Crippen LogP contribution in [0, 0.1) is 0 Å². The average Bonchev–Trinajstić information content (AvgIpc) is 3.16. The highest BCUT2D eigenvalue weighted by Gasteiger charge is 2.45. The maximum Gasteiger partial charge on any atom is 0.290 e. The monoisotopic (exact) mass is 335 g/mol. The van der Waals surface area contributed by atoms with E-state index in [1.807, 2.05) is 4.90 Å². The molecular weight excluding hydrogens is 318 g/mol. The van der Waals surface area contributed by atoms with Gasteiger partial charge in [-0.25, -0.2) is 0 Å². The minimum Gasteiger partial charge on any atom is -0.451 e. The van der Waals surface area contributed by atoms with Crippen LogP contribution in [0.3, 0.4) is 0 Å². The summed E-state index contributed by atoms with van der Waals surface area (Å²) in [5, 5.41) is 1.47. The summed E-state index contributed by atoms with van der Waals surface area (Å²) in [6, 6.07) is 7.16. The van der Waals surface area contributed by atoms with Gasteiger partial charge in [-0.1, -0.05) is 11.6 Å². The molecule has 0 N–H and O–H groups in total. The van der Waals surface area contributed by atoms with Crippen LogP contribution in [0.4, 0.5) is 0 Å². The van der Waals surface area contributed by atoms with Crippen LogP contribution in [0.2, 0.25) is 5.02 Å². The van der Waals surface area contributed by atoms with E-state index in [1.165, 1.54) is 0 Å². The van der Waals surface area contributed by atoms with E-state index < -0.39 is 0 Å². The van der Waals surface area contributed by atoms with E-state index in [-0.39, 0.29) is 24.2 Å². The van der Waals surface area contributed by atoms with Crippen LogP contribution in [0.5, 0.6) is 0 Å². The Morgan fingerprint density at radius 2 is 2.22 bits per heavy atom. The van der Waals surface area contributed by atoms with Gasteiger partial charge in [0.05, 0.1) is 18.8 Å². The summed E-state index contributed by atoms with van der Waals surface area (Å²) in [7, 11) is 1.69. The number of rotatable bonds is 2. The number of furan rings is 1. The molecule has 1 aromatic carbocycles. The highest BCUT2D eigenvalue weighted by atomic mass is 35.5. The van der Waals surface area contributed by atoms with Gasteiger partial charge in [0.2, 0.25) is 0 Å². The molecule has 2 aliphatic rings. The summed E-state index contributed by atoms with van der Waals surface area (Å²) in [6.45, 7) is 1.10. The lowest BCUT2D eigenvalue weighted by Crippen LogP contribution is -2.53. The molecule has 0 bridgehead atoms. The number of methoxy groups -OCH3 is 1. The third kappa shape index (κ3) is 2.53. The van der Waals surface area contributed by atoms with Crippen LogP contribution in [-0.2, 0) is 9.47 Å². The van der Waals surface area contributed by atoms with Crippen molar-refractivity contribution in [3.05, 3.63) is 35.0 Å². The molecule has 1 saturated carbocycles. The van der Waals surface area contributed by atoms with Crippen molar-refractivity contribution in [1.29, 1.82) is 0 Å². The molecule has 2 aromatic rings. The van der Waals surface area contributed by atoms with Gasteiger partial charge in [0.25, 0.3) is 5.91 Å². The molecule has 6 heteroatoms. The van der Waals surface area contributed by atoms with Crippen LogP contribution in [0.15, 0.2) is 28.7 Å². The summed E-state index contributed by atoms with van der Waals surface area (Å²) in [5.74, 6) is 0.260. The Kier molecular flexibility index (Phi) is 3.79. The molecule has 0 spiro atoms. The number of carbonyl (C=O) groups is 1. The molecule has 5 nitrogen and oxygen atoms in total. The minimum absolute atomic E-state index is 0.0449. The molecule has 1 aliphatic carbocycles. The van der Waals surface area contributed by atoms with Crippen LogP contribution in [0.25, 0.3) is 11.0 Å². The predicted octanol–water partition coefficient (Wildman–Crippen LogP) is 3.10. The number of carbonyl (C=O) groups excluding carboxylic acids is 1. The number of benzene rings is 1. The number of fused-ring (bicyclic) bond motifs is 2. The molecule has 1 aromatic heterocycles. The number of morpholine rings is 1. The van der Waals surface area contributed by atoms with Crippen molar-refractivity contribution >= 4 is 28.5 Å². The Hall–Kier alpha value is -1.56. The maximum absolute atomic E-state index is 12.9. The first kappa shape index (κ1) is 15.0. The fourth-order valence-corrected chi connectivity index (χ4v) is 3.86. The predicted molar refractivity (Wildman–Crippen MR) is 85.8 cm³/mol. The van der Waals surface area contributed by atoms with Gasteiger partial charge in [-0.2, -0.15) is 0 Å². The molecule has 2 heterocycles. The standard InChI is InChI=1S/C17H18ClNO4/c1-21-14-5-3-12-16(14)22-7-6-19(12)17(20)15-9-10-8-11(18)2-4-13(10)23-15/h2,4,8-9,12,14,16H,3,5-7H2,1H3/t12-,14+,16+/m0/s1. The Labute approximate surface area is 139 Å². The first-order chi connectivity index (χ1) is 11.2. The number of hydrogen-bond acceptors (Lipinski definition) is 4. The summed E-state index contributed by atoms with van der Waals surface area (Å²) < 4.78 is 17.0. The first-order valence-electron chi connectivity index (χ1n) is 7.82. The second-order valence-corrected chi connectivity index (χ2v) is 6.48. The molecule has 1 aliphatic heterocycles. The topological polar surface area (TPSA) is 51.9 Å². The molecule has 23 heavy (non-hydrogen) atoms. The number of amides is 1. The van der Waals surface area contributed by atoms with E-state index in [0.29, 0.717) is 29.5 Å². The Bertz CT molecular complexity index is 743. The molecule has 0 unspecified atom stereocenters. The van der Waals surface area contributed by atoms with Crippen molar-refractivity contribution in [3.8, 4) is 0 Å². The number of hydrogen-bond donors (Lipinski definition) is 0. The first-order valence-corrected chi connectivity index (χ1v) is 8.19. The van der Waals surface area contributed by atoms with Crippen LogP contribution < -0.4 is 0 Å². The second-order valence-electron chi connectivity index (χ2n) is 6.05. The van der Waals surface area contributed by atoms with Crippen LogP contribution >= 0.6 is 11.6 Å². The SMILES string of the molecule is CO[C@@H]1CC[C@H]2[C@H]1OCCN2C(=O)c1cc2cc(Cl)ccc2o1. The maximum atomic E-state index is 12.9. The van der Waals surface area contributed by atoms with Crippen molar-refractivity contribution in [2.24, 2.45) is 0 Å². The second kappa shape index (κ2) is 5.82. The summed E-state index contributed by atoms with van der Waals surface area (Å²) in [6.07, 6.45) is 1.81. The van der Waals surface area contributed by atoms with Gasteiger partial charge in [-0.05, 0) is 37.1 Å². The van der Waals surface area contributed by atoms with E-state index >= 15 is 0 Å². The smallest absolute Gasteiger partial charge is 0.290 e. The summed E-state index contributed by atoms with van der Waals surface area (Å²) in [4.78, 5) is 14.8. The minimum atomic E-state index is -0.0904. The molecular formula is C17H18ClNO4. The van der Waals surface area contributed by atoms with Gasteiger partial charge in [0.1, 0.15) is 11.7 Å². The molecule has 0 radical (unpaired) electrons. The largest absolute Gasteiger partial charge is 0.451 e. The average molecular weight is 336 g/mol. The molecule has 1 saturated heterocycles. The Morgan fingerprint density at radius 1 is 1.35 bits per heavy atom. The van der Waals surface area contributed by atoms with E-state index in [9.17, 15) is 4.79 Å². The zero-order valence-corrected chi connectivity index (χ0v) is 13.6. The van der Waals surface area contributed by atoms with Crippen molar-refractivity contribution in [2.75, 3.05) is 20.3 Å². The lowest BCUT2D eigenvalue weighted by Gasteiger charge is -2.38. The van der Waals surface area contributed by atoms with Crippen molar-refractivity contribution in [2.45, 2.75) is 31.1 Å². The van der Waals surface area contributed by atoms with Gasteiger partial charge >= 0.3 is 0 Å². The van der Waals surface area contributed by atoms with E-state index in [2.05, 4.69) is 0 Å². The lowest BCUT2D eigenvalue weighted by molar-refractivity contribution is -0.0950. The third-order valence-corrected chi connectivity index (χ3v) is 5.02. The van der Waals surface area contributed by atoms with E-state index in [0.717, 1.165) is 18.2 Å². The van der Waals surface area contributed by atoms with Gasteiger partial charge in [-0.15, -0.1) is 0 Å². The molecule has 1 amide bonds. The van der Waals surface area contributed by atoms with Gasteiger partial charge in [0, 0.05) is 24.1 Å². The molecule has 4 rings (SSSR count). The number of halogens is 1. The third-order valence-electron chi connectivity index (χ3n) is 4.79. The lowest BCUT2D eigenvalue weighted by atomic mass is 10.1. The number of nitrogens with zero attached hydrogens (tertiary/aromatic N) is 1. The zero-order chi connectivity index (χ0) is 16.0. The van der Waals surface area contributed by atoms with Crippen molar-refractivity contribution in [3.63, 3.8) is 0 Å². The normalized spacial score (nSPS) is 27.4. The summed E-state index contributed by atoms with van der Waals surface area (Å²) >= 11 is 5.99. The van der Waals surface area contributed by atoms with Gasteiger partial charge in [-0.3, -0.25) is 4.79 Å². The van der Waals surface area contributed by atoms with Crippen LogP contribution in [0.1, 0.15) is 23.4 Å². The van der Waals surface area contributed by atoms with E-state index in [4.69, 9.17) is 25.5 Å². The fraction of sp³-hybridized carbons (Fsp3) is 0.471. The van der Waals surface area contributed by atoms with Crippen molar-refractivity contribution in [1.82, 2.24) is 4.90 Å². The van der Waals surface area contributed by atoms with Gasteiger partial charge in [0.15, 0.2) is 5.76 Å². The highest BCUT2D eigenvalue weighted by Crippen LogP contribution is 2.33. The quantitative estimate of drug-likeness (QED) is 0.846. The zero-order valence-electron chi connectivity index (χ0n) is 12.8. The van der Waals surface area contributed by atoms with Crippen LogP contribution in [-0.4, -0.2) is 49.3 Å². The summed E-state index contributed by atoms with van der Waals surface area (Å²) in [5.41, 5.74) is 0.670. The Morgan fingerprint density at radius 3 is 3.04 bits per heavy atom. The molecule has 122 valence electrons. The number of ether oxygens (including phenoxy) is 2. The highest BCUT2D eigenvalue weighted by molar-refractivity contribution is 6.31. The molecule has 2 fully saturated rings. The van der Waals surface area contributed by atoms with Crippen molar-refractivity contribution < 1.29 is 18.7 Å².